The molecular weight excluding hydrogens is 343 g/mol. The van der Waals surface area contributed by atoms with Crippen molar-refractivity contribution in [2.45, 2.75) is 33.5 Å². The van der Waals surface area contributed by atoms with E-state index in [1.165, 1.54) is 11.6 Å². The van der Waals surface area contributed by atoms with E-state index < -0.39 is 17.8 Å². The van der Waals surface area contributed by atoms with Crippen molar-refractivity contribution in [2.75, 3.05) is 5.32 Å². The molecule has 130 valence electrons. The van der Waals surface area contributed by atoms with Crippen LogP contribution in [0.2, 0.25) is 5.02 Å². The molecule has 0 fully saturated rings. The van der Waals surface area contributed by atoms with Crippen molar-refractivity contribution in [3.63, 3.8) is 0 Å². The van der Waals surface area contributed by atoms with Crippen LogP contribution in [0.1, 0.15) is 23.9 Å². The molecule has 2 rings (SSSR count). The minimum Gasteiger partial charge on any atom is -0.326 e. The summed E-state index contributed by atoms with van der Waals surface area (Å²) in [6.45, 7) is 4.97. The van der Waals surface area contributed by atoms with Crippen molar-refractivity contribution in [3.8, 4) is 0 Å². The lowest BCUT2D eigenvalue weighted by molar-refractivity contribution is -0.141. The summed E-state index contributed by atoms with van der Waals surface area (Å²) in [6.07, 6.45) is -4.50. The molecule has 0 aliphatic heterocycles. The van der Waals surface area contributed by atoms with E-state index in [1.54, 1.807) is 32.0 Å². The fourth-order valence-corrected chi connectivity index (χ4v) is 2.35. The monoisotopic (exact) mass is 359 g/mol. The number of benzene rings is 1. The molecular formula is C16H17ClF3N3O. The Balaban J connectivity index is 2.09. The molecule has 1 N–H and O–H groups in total. The third kappa shape index (κ3) is 4.08. The van der Waals surface area contributed by atoms with Crippen LogP contribution in [0.4, 0.5) is 18.9 Å². The third-order valence-corrected chi connectivity index (χ3v) is 4.10. The molecule has 1 aromatic carbocycles. The molecule has 2 aromatic rings. The van der Waals surface area contributed by atoms with E-state index in [0.29, 0.717) is 16.4 Å². The highest BCUT2D eigenvalue weighted by atomic mass is 35.5. The Labute approximate surface area is 142 Å². The van der Waals surface area contributed by atoms with Gasteiger partial charge in [-0.05, 0) is 37.6 Å². The number of rotatable bonds is 4. The van der Waals surface area contributed by atoms with Crippen LogP contribution in [0.5, 0.6) is 0 Å². The number of aromatic nitrogens is 2. The Morgan fingerprint density at radius 1 is 1.38 bits per heavy atom. The minimum atomic E-state index is -4.50. The zero-order valence-corrected chi connectivity index (χ0v) is 14.2. The highest BCUT2D eigenvalue weighted by Gasteiger charge is 2.34. The largest absolute Gasteiger partial charge is 0.435 e. The van der Waals surface area contributed by atoms with Gasteiger partial charge in [0.2, 0.25) is 5.91 Å². The molecule has 24 heavy (non-hydrogen) atoms. The number of alkyl halides is 3. The first-order valence-electron chi connectivity index (χ1n) is 7.27. The number of halogens is 4. The average Bonchev–Trinajstić information content (AvgIpc) is 2.85. The molecule has 0 radical (unpaired) electrons. The van der Waals surface area contributed by atoms with Crippen molar-refractivity contribution in [3.05, 3.63) is 46.2 Å². The van der Waals surface area contributed by atoms with E-state index in [1.807, 2.05) is 0 Å². The molecule has 0 saturated heterocycles. The molecule has 0 bridgehead atoms. The molecule has 1 atom stereocenters. The van der Waals surface area contributed by atoms with Gasteiger partial charge in [0.15, 0.2) is 5.69 Å². The lowest BCUT2D eigenvalue weighted by Crippen LogP contribution is -2.25. The van der Waals surface area contributed by atoms with Gasteiger partial charge in [0.1, 0.15) is 0 Å². The van der Waals surface area contributed by atoms with Crippen LogP contribution in [-0.2, 0) is 17.5 Å². The van der Waals surface area contributed by atoms with E-state index in [-0.39, 0.29) is 12.5 Å². The van der Waals surface area contributed by atoms with Gasteiger partial charge < -0.3 is 5.32 Å². The molecule has 1 aromatic heterocycles. The number of carbonyl (C=O) groups excluding carboxylic acids is 1. The first kappa shape index (κ1) is 18.3. The summed E-state index contributed by atoms with van der Waals surface area (Å²) >= 11 is 6.00. The van der Waals surface area contributed by atoms with Crippen LogP contribution in [0, 0.1) is 19.8 Å². The second-order valence-electron chi connectivity index (χ2n) is 5.65. The Hall–Kier alpha value is -2.02. The summed E-state index contributed by atoms with van der Waals surface area (Å²) in [7, 11) is 0. The average molecular weight is 360 g/mol. The fraction of sp³-hybridized carbons (Fsp3) is 0.375. The van der Waals surface area contributed by atoms with Crippen molar-refractivity contribution < 1.29 is 18.0 Å². The van der Waals surface area contributed by atoms with Gasteiger partial charge in [0.25, 0.3) is 0 Å². The number of amides is 1. The van der Waals surface area contributed by atoms with Gasteiger partial charge in [-0.25, -0.2) is 0 Å². The Bertz CT molecular complexity index is 756. The van der Waals surface area contributed by atoms with E-state index in [9.17, 15) is 18.0 Å². The second-order valence-corrected chi connectivity index (χ2v) is 6.06. The number of anilines is 1. The molecule has 0 aliphatic carbocycles. The first-order chi connectivity index (χ1) is 11.1. The van der Waals surface area contributed by atoms with Crippen molar-refractivity contribution in [1.29, 1.82) is 0 Å². The Morgan fingerprint density at radius 3 is 2.62 bits per heavy atom. The van der Waals surface area contributed by atoms with Crippen LogP contribution in [0.25, 0.3) is 0 Å². The zero-order valence-electron chi connectivity index (χ0n) is 13.4. The van der Waals surface area contributed by atoms with Crippen molar-refractivity contribution in [2.24, 2.45) is 5.92 Å². The molecule has 1 heterocycles. The molecule has 8 heteroatoms. The summed E-state index contributed by atoms with van der Waals surface area (Å²) in [5, 5.41) is 6.80. The Kier molecular flexibility index (Phi) is 5.22. The van der Waals surface area contributed by atoms with Gasteiger partial charge >= 0.3 is 6.18 Å². The van der Waals surface area contributed by atoms with Crippen LogP contribution >= 0.6 is 11.6 Å². The summed E-state index contributed by atoms with van der Waals surface area (Å²) in [5.74, 6) is -0.883. The molecule has 1 amide bonds. The predicted molar refractivity (Wildman–Crippen MR) is 85.9 cm³/mol. The van der Waals surface area contributed by atoms with Crippen LogP contribution in [0.15, 0.2) is 24.3 Å². The maximum atomic E-state index is 12.7. The lowest BCUT2D eigenvalue weighted by atomic mass is 10.1. The highest BCUT2D eigenvalue weighted by Crippen LogP contribution is 2.29. The van der Waals surface area contributed by atoms with Crippen molar-refractivity contribution >= 4 is 23.2 Å². The fourth-order valence-electron chi connectivity index (χ4n) is 2.17. The molecule has 0 saturated carbocycles. The van der Waals surface area contributed by atoms with Gasteiger partial charge in [-0.15, -0.1) is 0 Å². The van der Waals surface area contributed by atoms with Gasteiger partial charge in [-0.2, -0.15) is 18.3 Å². The maximum Gasteiger partial charge on any atom is 0.435 e. The standard InChI is InChI=1S/C16H17ClF3N3O/c1-9(8-23-10(2)7-14(22-23)16(18,19)20)15(24)21-13-6-4-5-12(17)11(13)3/h4-7,9H,8H2,1-3H3,(H,21,24)/t9-/m0/s1. The summed E-state index contributed by atoms with van der Waals surface area (Å²) in [6, 6.07) is 6.10. The molecule has 0 spiro atoms. The predicted octanol–water partition coefficient (Wildman–Crippen LogP) is 4.45. The Morgan fingerprint density at radius 2 is 2.04 bits per heavy atom. The number of aryl methyl sites for hydroxylation is 1. The van der Waals surface area contributed by atoms with Gasteiger partial charge in [-0.3, -0.25) is 9.48 Å². The van der Waals surface area contributed by atoms with E-state index in [0.717, 1.165) is 11.6 Å². The van der Waals surface area contributed by atoms with Gasteiger partial charge in [0, 0.05) is 16.4 Å². The molecule has 0 unspecified atom stereocenters. The summed E-state index contributed by atoms with van der Waals surface area (Å²) < 4.78 is 39.2. The van der Waals surface area contributed by atoms with Crippen LogP contribution in [-0.4, -0.2) is 15.7 Å². The minimum absolute atomic E-state index is 0.0490. The lowest BCUT2D eigenvalue weighted by Gasteiger charge is -2.15. The van der Waals surface area contributed by atoms with E-state index in [2.05, 4.69) is 10.4 Å². The summed E-state index contributed by atoms with van der Waals surface area (Å²) in [5.41, 5.74) is 0.695. The molecule has 0 aliphatic rings. The van der Waals surface area contributed by atoms with Gasteiger partial charge in [0.05, 0.1) is 12.5 Å². The normalized spacial score (nSPS) is 13.0. The number of nitrogens with one attached hydrogen (secondary N) is 1. The quantitative estimate of drug-likeness (QED) is 0.876. The smallest absolute Gasteiger partial charge is 0.326 e. The van der Waals surface area contributed by atoms with Crippen LogP contribution < -0.4 is 5.32 Å². The number of nitrogens with zero attached hydrogens (tertiary/aromatic N) is 2. The SMILES string of the molecule is Cc1c(Cl)cccc1NC(=O)[C@@H](C)Cn1nc(C(F)(F)F)cc1C. The third-order valence-electron chi connectivity index (χ3n) is 3.69. The van der Waals surface area contributed by atoms with Crippen LogP contribution in [0.3, 0.4) is 0 Å². The number of hydrogen-bond acceptors (Lipinski definition) is 2. The van der Waals surface area contributed by atoms with E-state index >= 15 is 0 Å². The maximum absolute atomic E-state index is 12.7. The van der Waals surface area contributed by atoms with Crippen molar-refractivity contribution in [1.82, 2.24) is 9.78 Å². The van der Waals surface area contributed by atoms with E-state index in [4.69, 9.17) is 11.6 Å². The topological polar surface area (TPSA) is 46.9 Å². The number of hydrogen-bond donors (Lipinski definition) is 1. The highest BCUT2D eigenvalue weighted by molar-refractivity contribution is 6.31. The second kappa shape index (κ2) is 6.84. The molecule has 4 nitrogen and oxygen atoms in total. The zero-order chi connectivity index (χ0) is 18.1. The summed E-state index contributed by atoms with van der Waals surface area (Å²) in [4.78, 5) is 12.3. The number of carbonyl (C=O) groups is 1. The first-order valence-corrected chi connectivity index (χ1v) is 7.65. The van der Waals surface area contributed by atoms with Gasteiger partial charge in [-0.1, -0.05) is 24.6 Å².